The van der Waals surface area contributed by atoms with Gasteiger partial charge in [-0.3, -0.25) is 0 Å². The molecule has 0 saturated heterocycles. The van der Waals surface area contributed by atoms with E-state index in [1.807, 2.05) is 20.8 Å². The molecule has 0 radical (unpaired) electrons. The van der Waals surface area contributed by atoms with E-state index in [0.717, 1.165) is 16.7 Å². The van der Waals surface area contributed by atoms with Gasteiger partial charge in [0, 0.05) is 17.0 Å². The van der Waals surface area contributed by atoms with Crippen molar-refractivity contribution in [1.82, 2.24) is 0 Å². The molecule has 1 unspecified atom stereocenters. The Kier molecular flexibility index (Phi) is 4.46. The predicted octanol–water partition coefficient (Wildman–Crippen LogP) is 4.68. The van der Waals surface area contributed by atoms with Crippen molar-refractivity contribution < 1.29 is 9.50 Å². The van der Waals surface area contributed by atoms with Crippen molar-refractivity contribution in [1.29, 1.82) is 0 Å². The van der Waals surface area contributed by atoms with Gasteiger partial charge >= 0.3 is 0 Å². The van der Waals surface area contributed by atoms with E-state index in [1.54, 1.807) is 0 Å². The van der Waals surface area contributed by atoms with Crippen LogP contribution in [0.2, 0.25) is 5.02 Å². The highest BCUT2D eigenvalue weighted by Crippen LogP contribution is 2.27. The average Bonchev–Trinajstić information content (AvgIpc) is 2.36. The van der Waals surface area contributed by atoms with Crippen LogP contribution in [0.4, 0.5) is 4.39 Å². The van der Waals surface area contributed by atoms with Crippen LogP contribution >= 0.6 is 11.6 Å². The summed E-state index contributed by atoms with van der Waals surface area (Å²) in [7, 11) is 0. The Morgan fingerprint density at radius 2 is 1.70 bits per heavy atom. The molecule has 2 aromatic carbocycles. The van der Waals surface area contributed by atoms with Gasteiger partial charge in [-0.2, -0.15) is 0 Å². The number of hydrogen-bond donors (Lipinski definition) is 1. The maximum atomic E-state index is 13.8. The maximum Gasteiger partial charge on any atom is 0.129 e. The van der Waals surface area contributed by atoms with Crippen molar-refractivity contribution in [2.45, 2.75) is 33.3 Å². The summed E-state index contributed by atoms with van der Waals surface area (Å²) in [6.45, 7) is 6.06. The third-order valence-corrected chi connectivity index (χ3v) is 3.79. The van der Waals surface area contributed by atoms with E-state index in [9.17, 15) is 9.50 Å². The van der Waals surface area contributed by atoms with Crippen molar-refractivity contribution in [3.05, 3.63) is 69.0 Å². The van der Waals surface area contributed by atoms with E-state index in [0.29, 0.717) is 11.4 Å². The lowest BCUT2D eigenvalue weighted by Gasteiger charge is -2.17. The zero-order valence-corrected chi connectivity index (χ0v) is 12.6. The molecular weight excluding hydrogens is 275 g/mol. The van der Waals surface area contributed by atoms with Crippen LogP contribution in [-0.4, -0.2) is 5.11 Å². The van der Waals surface area contributed by atoms with Crippen molar-refractivity contribution in [3.8, 4) is 0 Å². The number of aliphatic hydroxyl groups is 1. The monoisotopic (exact) mass is 292 g/mol. The van der Waals surface area contributed by atoms with E-state index in [2.05, 4.69) is 12.1 Å². The summed E-state index contributed by atoms with van der Waals surface area (Å²) < 4.78 is 13.8. The summed E-state index contributed by atoms with van der Waals surface area (Å²) in [4.78, 5) is 0. The van der Waals surface area contributed by atoms with Gasteiger partial charge in [-0.15, -0.1) is 0 Å². The molecule has 0 aliphatic carbocycles. The molecule has 0 saturated carbocycles. The van der Waals surface area contributed by atoms with Gasteiger partial charge < -0.3 is 5.11 Å². The molecule has 1 nitrogen and oxygen atoms in total. The molecule has 0 fully saturated rings. The molecule has 3 heteroatoms. The van der Waals surface area contributed by atoms with Crippen LogP contribution in [0.5, 0.6) is 0 Å². The molecule has 0 spiro atoms. The molecule has 2 aromatic rings. The molecule has 0 heterocycles. The van der Waals surface area contributed by atoms with Gasteiger partial charge in [-0.1, -0.05) is 29.3 Å². The Hall–Kier alpha value is -1.38. The van der Waals surface area contributed by atoms with Crippen molar-refractivity contribution in [3.63, 3.8) is 0 Å². The van der Waals surface area contributed by atoms with Gasteiger partial charge in [-0.05, 0) is 55.7 Å². The minimum atomic E-state index is -0.895. The smallest absolute Gasteiger partial charge is 0.129 e. The number of rotatable bonds is 3. The zero-order valence-electron chi connectivity index (χ0n) is 11.9. The van der Waals surface area contributed by atoms with E-state index >= 15 is 0 Å². The molecule has 0 aliphatic rings. The summed E-state index contributed by atoms with van der Waals surface area (Å²) in [5, 5.41) is 10.7. The Bertz CT molecular complexity index is 614. The van der Waals surface area contributed by atoms with Gasteiger partial charge in [0.25, 0.3) is 0 Å². The van der Waals surface area contributed by atoms with Gasteiger partial charge in [0.15, 0.2) is 0 Å². The minimum absolute atomic E-state index is 0.247. The Balaban J connectivity index is 2.32. The second kappa shape index (κ2) is 5.94. The third-order valence-electron chi connectivity index (χ3n) is 3.55. The highest BCUT2D eigenvalue weighted by molar-refractivity contribution is 6.30. The lowest BCUT2D eigenvalue weighted by molar-refractivity contribution is 0.173. The Labute approximate surface area is 124 Å². The van der Waals surface area contributed by atoms with Crippen molar-refractivity contribution >= 4 is 11.6 Å². The van der Waals surface area contributed by atoms with Crippen LogP contribution in [0.1, 0.15) is 33.9 Å². The predicted molar refractivity (Wildman–Crippen MR) is 80.7 cm³/mol. The van der Waals surface area contributed by atoms with Gasteiger partial charge in [-0.25, -0.2) is 4.39 Å². The Morgan fingerprint density at radius 3 is 2.30 bits per heavy atom. The Morgan fingerprint density at radius 1 is 1.10 bits per heavy atom. The fourth-order valence-corrected chi connectivity index (χ4v) is 2.79. The molecule has 0 aromatic heterocycles. The van der Waals surface area contributed by atoms with E-state index < -0.39 is 11.9 Å². The van der Waals surface area contributed by atoms with Gasteiger partial charge in [0.05, 0.1) is 6.10 Å². The number of aliphatic hydroxyl groups excluding tert-OH is 1. The van der Waals surface area contributed by atoms with Gasteiger partial charge in [0.2, 0.25) is 0 Å². The highest BCUT2D eigenvalue weighted by Gasteiger charge is 2.16. The van der Waals surface area contributed by atoms with E-state index in [-0.39, 0.29) is 5.56 Å². The van der Waals surface area contributed by atoms with Crippen LogP contribution in [0.25, 0.3) is 0 Å². The number of halogens is 2. The SMILES string of the molecule is Cc1cc(C)c(CC(O)c2cc(Cl)ccc2F)c(C)c1. The molecule has 1 atom stereocenters. The fraction of sp³-hybridized carbons (Fsp3) is 0.294. The first-order valence-electron chi connectivity index (χ1n) is 6.58. The summed E-state index contributed by atoms with van der Waals surface area (Å²) in [5.41, 5.74) is 4.72. The molecular formula is C17H18ClFO. The lowest BCUT2D eigenvalue weighted by Crippen LogP contribution is -2.07. The summed E-state index contributed by atoms with van der Waals surface area (Å²) >= 11 is 5.87. The molecule has 2 rings (SSSR count). The van der Waals surface area contributed by atoms with E-state index in [1.165, 1.54) is 23.8 Å². The highest BCUT2D eigenvalue weighted by atomic mass is 35.5. The molecule has 0 aliphatic heterocycles. The summed E-state index contributed by atoms with van der Waals surface area (Å²) in [6, 6.07) is 8.40. The van der Waals surface area contributed by atoms with Crippen LogP contribution in [-0.2, 0) is 6.42 Å². The van der Waals surface area contributed by atoms with Crippen LogP contribution in [0.15, 0.2) is 30.3 Å². The zero-order chi connectivity index (χ0) is 14.9. The lowest BCUT2D eigenvalue weighted by atomic mass is 9.93. The second-order valence-corrected chi connectivity index (χ2v) is 5.70. The molecule has 0 bridgehead atoms. The number of benzene rings is 2. The van der Waals surface area contributed by atoms with Crippen LogP contribution in [0.3, 0.4) is 0 Å². The van der Waals surface area contributed by atoms with Crippen molar-refractivity contribution in [2.24, 2.45) is 0 Å². The topological polar surface area (TPSA) is 20.2 Å². The maximum absolute atomic E-state index is 13.8. The summed E-state index contributed by atoms with van der Waals surface area (Å²) in [5.74, 6) is -0.427. The number of hydrogen-bond acceptors (Lipinski definition) is 1. The van der Waals surface area contributed by atoms with Gasteiger partial charge in [0.1, 0.15) is 5.82 Å². The standard InChI is InChI=1S/C17H18ClFO/c1-10-6-11(2)14(12(3)7-10)9-17(20)15-8-13(18)4-5-16(15)19/h4-8,17,20H,9H2,1-3H3. The molecule has 106 valence electrons. The van der Waals surface area contributed by atoms with Crippen molar-refractivity contribution in [2.75, 3.05) is 0 Å². The molecule has 20 heavy (non-hydrogen) atoms. The minimum Gasteiger partial charge on any atom is -0.388 e. The molecule has 0 amide bonds. The third kappa shape index (κ3) is 3.20. The normalized spacial score (nSPS) is 12.5. The van der Waals surface area contributed by atoms with Crippen LogP contribution in [0, 0.1) is 26.6 Å². The fourth-order valence-electron chi connectivity index (χ4n) is 2.61. The van der Waals surface area contributed by atoms with E-state index in [4.69, 9.17) is 11.6 Å². The number of aryl methyl sites for hydroxylation is 3. The quantitative estimate of drug-likeness (QED) is 0.871. The molecule has 1 N–H and O–H groups in total. The largest absolute Gasteiger partial charge is 0.388 e. The second-order valence-electron chi connectivity index (χ2n) is 5.26. The first kappa shape index (κ1) is 15.0. The first-order valence-corrected chi connectivity index (χ1v) is 6.96. The van der Waals surface area contributed by atoms with Crippen LogP contribution < -0.4 is 0 Å². The average molecular weight is 293 g/mol. The summed E-state index contributed by atoms with van der Waals surface area (Å²) in [6.07, 6.45) is -0.510. The first-order chi connectivity index (χ1) is 9.38.